The fourth-order valence-electron chi connectivity index (χ4n) is 2.53. The molecule has 0 saturated heterocycles. The SMILES string of the molecule is COC(=O)[C@H](NC(=O)COCCOCCNC(=O)OCc1ccccc1)C(C)OCC(C)C. The van der Waals surface area contributed by atoms with Crippen molar-refractivity contribution in [1.82, 2.24) is 10.6 Å². The Morgan fingerprint density at radius 2 is 1.67 bits per heavy atom. The molecule has 0 aliphatic rings. The monoisotopic (exact) mass is 468 g/mol. The molecule has 0 aliphatic carbocycles. The molecule has 0 saturated carbocycles. The maximum absolute atomic E-state index is 12.1. The zero-order valence-corrected chi connectivity index (χ0v) is 19.8. The van der Waals surface area contributed by atoms with Gasteiger partial charge in [0.2, 0.25) is 5.91 Å². The normalized spacial score (nSPS) is 12.6. The molecule has 1 unspecified atom stereocenters. The van der Waals surface area contributed by atoms with Gasteiger partial charge in [-0.25, -0.2) is 9.59 Å². The van der Waals surface area contributed by atoms with Crippen molar-refractivity contribution in [2.45, 2.75) is 39.5 Å². The second-order valence-electron chi connectivity index (χ2n) is 7.65. The molecule has 10 nitrogen and oxygen atoms in total. The predicted molar refractivity (Wildman–Crippen MR) is 120 cm³/mol. The van der Waals surface area contributed by atoms with Gasteiger partial charge in [-0.1, -0.05) is 44.2 Å². The molecule has 2 N–H and O–H groups in total. The van der Waals surface area contributed by atoms with Crippen LogP contribution in [0.4, 0.5) is 4.79 Å². The minimum atomic E-state index is -0.922. The summed E-state index contributed by atoms with van der Waals surface area (Å²) in [6, 6.07) is 8.45. The van der Waals surface area contributed by atoms with E-state index in [1.165, 1.54) is 7.11 Å². The molecule has 0 aromatic heterocycles. The molecule has 1 aromatic carbocycles. The number of ether oxygens (including phenoxy) is 5. The average Bonchev–Trinajstić information content (AvgIpc) is 2.81. The maximum Gasteiger partial charge on any atom is 0.407 e. The number of alkyl carbamates (subject to hydrolysis) is 1. The summed E-state index contributed by atoms with van der Waals surface area (Å²) in [7, 11) is 1.25. The Labute approximate surface area is 195 Å². The summed E-state index contributed by atoms with van der Waals surface area (Å²) in [6.07, 6.45) is -1.07. The third kappa shape index (κ3) is 13.5. The Kier molecular flexibility index (Phi) is 14.5. The number of carbonyl (C=O) groups excluding carboxylic acids is 3. The highest BCUT2D eigenvalue weighted by Crippen LogP contribution is 2.05. The van der Waals surface area contributed by atoms with Gasteiger partial charge in [-0.3, -0.25) is 4.79 Å². The van der Waals surface area contributed by atoms with E-state index in [1.54, 1.807) is 6.92 Å². The summed E-state index contributed by atoms with van der Waals surface area (Å²) in [5, 5.41) is 5.15. The zero-order chi connectivity index (χ0) is 24.5. The van der Waals surface area contributed by atoms with Crippen LogP contribution in [0.5, 0.6) is 0 Å². The lowest BCUT2D eigenvalue weighted by atomic mass is 10.1. The molecule has 0 spiro atoms. The van der Waals surface area contributed by atoms with Gasteiger partial charge < -0.3 is 34.3 Å². The van der Waals surface area contributed by atoms with Gasteiger partial charge >= 0.3 is 12.1 Å². The van der Waals surface area contributed by atoms with Crippen molar-refractivity contribution in [2.24, 2.45) is 5.92 Å². The molecule has 10 heteroatoms. The fraction of sp³-hybridized carbons (Fsp3) is 0.609. The topological polar surface area (TPSA) is 121 Å². The number of rotatable bonds is 16. The van der Waals surface area contributed by atoms with Crippen LogP contribution < -0.4 is 10.6 Å². The summed E-state index contributed by atoms with van der Waals surface area (Å²) in [4.78, 5) is 35.7. The number of hydrogen-bond acceptors (Lipinski definition) is 8. The van der Waals surface area contributed by atoms with Crippen molar-refractivity contribution < 1.29 is 38.1 Å². The highest BCUT2D eigenvalue weighted by atomic mass is 16.6. The molecule has 0 heterocycles. The van der Waals surface area contributed by atoms with Gasteiger partial charge in [0, 0.05) is 13.2 Å². The first-order valence-electron chi connectivity index (χ1n) is 10.9. The van der Waals surface area contributed by atoms with Crippen molar-refractivity contribution in [3.63, 3.8) is 0 Å². The highest BCUT2D eigenvalue weighted by molar-refractivity contribution is 5.85. The summed E-state index contributed by atoms with van der Waals surface area (Å²) >= 11 is 0. The predicted octanol–water partition coefficient (Wildman–Crippen LogP) is 1.66. The van der Waals surface area contributed by atoms with E-state index >= 15 is 0 Å². The van der Waals surface area contributed by atoms with E-state index in [1.807, 2.05) is 44.2 Å². The summed E-state index contributed by atoms with van der Waals surface area (Å²) in [5.41, 5.74) is 0.903. The van der Waals surface area contributed by atoms with Crippen molar-refractivity contribution in [2.75, 3.05) is 46.7 Å². The number of nitrogens with one attached hydrogen (secondary N) is 2. The van der Waals surface area contributed by atoms with Crippen LogP contribution in [0.25, 0.3) is 0 Å². The first-order valence-corrected chi connectivity index (χ1v) is 10.9. The Morgan fingerprint density at radius 1 is 0.970 bits per heavy atom. The lowest BCUT2D eigenvalue weighted by Crippen LogP contribution is -2.50. The van der Waals surface area contributed by atoms with E-state index < -0.39 is 30.1 Å². The maximum atomic E-state index is 12.1. The van der Waals surface area contributed by atoms with Crippen molar-refractivity contribution >= 4 is 18.0 Å². The molecule has 1 rings (SSSR count). The van der Waals surface area contributed by atoms with Gasteiger partial charge in [0.05, 0.1) is 33.0 Å². The van der Waals surface area contributed by atoms with E-state index in [2.05, 4.69) is 10.6 Å². The molecular weight excluding hydrogens is 432 g/mol. The van der Waals surface area contributed by atoms with E-state index in [4.69, 9.17) is 23.7 Å². The largest absolute Gasteiger partial charge is 0.467 e. The second-order valence-corrected chi connectivity index (χ2v) is 7.65. The van der Waals surface area contributed by atoms with Crippen molar-refractivity contribution in [3.8, 4) is 0 Å². The molecule has 0 aliphatic heterocycles. The van der Waals surface area contributed by atoms with Crippen LogP contribution in [0.15, 0.2) is 30.3 Å². The molecule has 0 radical (unpaired) electrons. The molecule has 0 fully saturated rings. The number of hydrogen-bond donors (Lipinski definition) is 2. The molecule has 1 aromatic rings. The summed E-state index contributed by atoms with van der Waals surface area (Å²) in [5.74, 6) is -0.758. The Bertz CT molecular complexity index is 699. The summed E-state index contributed by atoms with van der Waals surface area (Å²) in [6.45, 7) is 7.05. The average molecular weight is 469 g/mol. The first kappa shape index (κ1) is 28.3. The van der Waals surface area contributed by atoms with Gasteiger partial charge in [0.15, 0.2) is 6.04 Å². The molecule has 186 valence electrons. The number of methoxy groups -OCH3 is 1. The quantitative estimate of drug-likeness (QED) is 0.278. The van der Waals surface area contributed by atoms with Crippen LogP contribution in [0.1, 0.15) is 26.3 Å². The third-order valence-electron chi connectivity index (χ3n) is 4.27. The summed E-state index contributed by atoms with van der Waals surface area (Å²) < 4.78 is 26.0. The van der Waals surface area contributed by atoms with Crippen molar-refractivity contribution in [1.29, 1.82) is 0 Å². The second kappa shape index (κ2) is 16.9. The number of carbonyl (C=O) groups is 3. The Morgan fingerprint density at radius 3 is 2.33 bits per heavy atom. The third-order valence-corrected chi connectivity index (χ3v) is 4.27. The minimum absolute atomic E-state index is 0.175. The smallest absolute Gasteiger partial charge is 0.407 e. The van der Waals surface area contributed by atoms with Crippen molar-refractivity contribution in [3.05, 3.63) is 35.9 Å². The molecular formula is C23H36N2O8. The van der Waals surface area contributed by atoms with Crippen LogP contribution in [0.2, 0.25) is 0 Å². The van der Waals surface area contributed by atoms with Crippen LogP contribution in [0, 0.1) is 5.92 Å². The van der Waals surface area contributed by atoms with Gasteiger partial charge in [0.1, 0.15) is 13.2 Å². The molecule has 2 atom stereocenters. The van der Waals surface area contributed by atoms with Crippen LogP contribution in [0.3, 0.4) is 0 Å². The highest BCUT2D eigenvalue weighted by Gasteiger charge is 2.28. The number of benzene rings is 1. The van der Waals surface area contributed by atoms with Gasteiger partial charge in [0.25, 0.3) is 0 Å². The lowest BCUT2D eigenvalue weighted by Gasteiger charge is -2.24. The van der Waals surface area contributed by atoms with Crippen LogP contribution in [-0.4, -0.2) is 76.8 Å². The van der Waals surface area contributed by atoms with E-state index in [0.717, 1.165) is 5.56 Å². The van der Waals surface area contributed by atoms with Gasteiger partial charge in [-0.15, -0.1) is 0 Å². The van der Waals surface area contributed by atoms with Crippen LogP contribution >= 0.6 is 0 Å². The molecule has 0 bridgehead atoms. The fourth-order valence-corrected chi connectivity index (χ4v) is 2.53. The number of esters is 1. The van der Waals surface area contributed by atoms with Crippen LogP contribution in [-0.2, 0) is 39.9 Å². The molecule has 33 heavy (non-hydrogen) atoms. The number of amides is 2. The Hall–Kier alpha value is -2.69. The Balaban J connectivity index is 2.11. The van der Waals surface area contributed by atoms with E-state index in [9.17, 15) is 14.4 Å². The van der Waals surface area contributed by atoms with E-state index in [0.29, 0.717) is 12.5 Å². The standard InChI is InChI=1S/C23H36N2O8/c1-17(2)14-32-18(3)21(22(27)29-4)25-20(26)16-31-13-12-30-11-10-24-23(28)33-15-19-8-6-5-7-9-19/h5-9,17-18,21H,10-16H2,1-4H3,(H,24,28)(H,25,26)/t18?,21-/m1/s1. The molecule has 2 amide bonds. The lowest BCUT2D eigenvalue weighted by molar-refractivity contribution is -0.150. The zero-order valence-electron chi connectivity index (χ0n) is 19.8. The minimum Gasteiger partial charge on any atom is -0.467 e. The van der Waals surface area contributed by atoms with Gasteiger partial charge in [-0.2, -0.15) is 0 Å². The first-order chi connectivity index (χ1) is 15.8. The van der Waals surface area contributed by atoms with E-state index in [-0.39, 0.29) is 39.6 Å². The van der Waals surface area contributed by atoms with Gasteiger partial charge in [-0.05, 0) is 18.4 Å².